The van der Waals surface area contributed by atoms with Crippen LogP contribution in [0.5, 0.6) is 0 Å². The zero-order valence-electron chi connectivity index (χ0n) is 41.2. The topological polar surface area (TPSA) is 12.0 Å². The Bertz CT molecular complexity index is 1700. The van der Waals surface area contributed by atoms with E-state index in [4.69, 9.17) is 0 Å². The van der Waals surface area contributed by atoms with Gasteiger partial charge < -0.3 is 12.2 Å². The van der Waals surface area contributed by atoms with Gasteiger partial charge in [0.25, 0.3) is 0 Å². The molecule has 0 aromatic heterocycles. The van der Waals surface area contributed by atoms with Crippen molar-refractivity contribution in [1.82, 2.24) is 0 Å². The summed E-state index contributed by atoms with van der Waals surface area (Å²) in [6.45, 7) is 31.7. The molecule has 0 aliphatic heterocycles. The Balaban J connectivity index is 0.000000992. The van der Waals surface area contributed by atoms with E-state index in [1.165, 1.54) is 135 Å². The molecule has 1 atom stereocenters. The molecular weight excluding hydrogens is 750 g/mol. The fourth-order valence-electron chi connectivity index (χ4n) is 7.38. The molecule has 1 nitrogen and oxygen atoms in total. The van der Waals surface area contributed by atoms with Crippen LogP contribution in [-0.2, 0) is 25.7 Å². The molecule has 1 aliphatic rings. The third kappa shape index (κ3) is 23.9. The standard InChI is InChI=1S/C28H39N.C22H32.C5H10.C3H7.K/c1-5-8-10-13-17-24-21-26(20-12-9-6-2)27(16-7-3)28(22-24)29-23(4)25-18-14-11-15-19-25;1-5-7-9-11-19-15-18(3)21-12-14-22(4,13-10-8-6-2)17-20(21)16-19;1-4-5(2)3;1-3-2;/h7,11,14-16,18-19,21-22,29H,4-6,8-10,12-13,17,20H2,1-3H3;6,8,12,14-16H,5,7,9-11,13,17H2,1-4H3;4H,1-3H3;1,3H2,2H3;/q;;;-1;+1/b16-7-;8-6+;;;. The zero-order chi connectivity index (χ0) is 43.9. The van der Waals surface area contributed by atoms with Crippen LogP contribution in [-0.4, -0.2) is 0 Å². The van der Waals surface area contributed by atoms with Crippen molar-refractivity contribution < 1.29 is 51.4 Å². The Hall–Kier alpha value is -2.20. The number of nitrogens with one attached hydrogen (secondary N) is 1. The third-order valence-corrected chi connectivity index (χ3v) is 11.0. The van der Waals surface area contributed by atoms with Crippen LogP contribution >= 0.6 is 0 Å². The Kier molecular flexibility index (Phi) is 34.0. The molecular formula is C58H88KN. The van der Waals surface area contributed by atoms with Crippen LogP contribution in [0.2, 0.25) is 0 Å². The van der Waals surface area contributed by atoms with E-state index in [-0.39, 0.29) is 51.4 Å². The van der Waals surface area contributed by atoms with E-state index in [0.717, 1.165) is 30.5 Å². The van der Waals surface area contributed by atoms with E-state index < -0.39 is 0 Å². The molecule has 0 heterocycles. The van der Waals surface area contributed by atoms with Gasteiger partial charge in [-0.1, -0.05) is 183 Å². The smallest absolute Gasteiger partial charge is 0.355 e. The molecule has 3 aromatic carbocycles. The second kappa shape index (κ2) is 35.3. The van der Waals surface area contributed by atoms with E-state index in [2.05, 4.69) is 172 Å². The monoisotopic (exact) mass is 838 g/mol. The summed E-state index contributed by atoms with van der Waals surface area (Å²) in [7, 11) is 0. The molecule has 1 N–H and O–H groups in total. The van der Waals surface area contributed by atoms with Crippen molar-refractivity contribution >= 4 is 23.5 Å². The van der Waals surface area contributed by atoms with Crippen molar-refractivity contribution in [3.05, 3.63) is 149 Å². The number of rotatable bonds is 20. The van der Waals surface area contributed by atoms with Crippen LogP contribution in [0.25, 0.3) is 17.8 Å². The molecule has 0 spiro atoms. The summed E-state index contributed by atoms with van der Waals surface area (Å²) in [5.74, 6) is 0. The van der Waals surface area contributed by atoms with Crippen molar-refractivity contribution in [2.24, 2.45) is 5.41 Å². The molecule has 60 heavy (non-hydrogen) atoms. The van der Waals surface area contributed by atoms with Crippen molar-refractivity contribution in [2.45, 2.75) is 185 Å². The summed E-state index contributed by atoms with van der Waals surface area (Å²) >= 11 is 0. The first-order valence-corrected chi connectivity index (χ1v) is 23.6. The number of anilines is 1. The average Bonchev–Trinajstić information content (AvgIpc) is 3.22. The van der Waals surface area contributed by atoms with Crippen LogP contribution in [0.4, 0.5) is 5.69 Å². The fourth-order valence-corrected chi connectivity index (χ4v) is 7.38. The predicted molar refractivity (Wildman–Crippen MR) is 271 cm³/mol. The number of hydrogen-bond acceptors (Lipinski definition) is 1. The minimum atomic E-state index is 0. The summed E-state index contributed by atoms with van der Waals surface area (Å²) in [5, 5.41) is 3.64. The molecule has 0 saturated heterocycles. The van der Waals surface area contributed by atoms with Gasteiger partial charge in [-0.25, -0.2) is 0 Å². The minimum Gasteiger partial charge on any atom is -0.355 e. The van der Waals surface area contributed by atoms with Crippen molar-refractivity contribution in [1.29, 1.82) is 0 Å². The number of hydrogen-bond donors (Lipinski definition) is 1. The molecule has 0 fully saturated rings. The number of aryl methyl sites for hydroxylation is 4. The van der Waals surface area contributed by atoms with E-state index in [9.17, 15) is 0 Å². The van der Waals surface area contributed by atoms with Gasteiger partial charge in [-0.2, -0.15) is 6.42 Å². The maximum atomic E-state index is 4.31. The van der Waals surface area contributed by atoms with Gasteiger partial charge in [-0.3, -0.25) is 0 Å². The van der Waals surface area contributed by atoms with Crippen molar-refractivity contribution in [3.8, 4) is 0 Å². The number of fused-ring (bicyclic) bond motifs is 1. The molecule has 2 heteroatoms. The Morgan fingerprint density at radius 3 is 1.92 bits per heavy atom. The van der Waals surface area contributed by atoms with Crippen LogP contribution in [0.15, 0.2) is 97.1 Å². The molecule has 0 saturated carbocycles. The average molecular weight is 838 g/mol. The van der Waals surface area contributed by atoms with Gasteiger partial charge in [0.1, 0.15) is 0 Å². The maximum Gasteiger partial charge on any atom is 1.00 e. The number of allylic oxidation sites excluding steroid dienone is 6. The summed E-state index contributed by atoms with van der Waals surface area (Å²) in [6.07, 6.45) is 36.9. The van der Waals surface area contributed by atoms with E-state index in [0.29, 0.717) is 5.41 Å². The molecule has 326 valence electrons. The van der Waals surface area contributed by atoms with Gasteiger partial charge in [0.2, 0.25) is 0 Å². The Morgan fingerprint density at radius 1 is 0.783 bits per heavy atom. The quantitative estimate of drug-likeness (QED) is 0.0517. The largest absolute Gasteiger partial charge is 1.00 e. The van der Waals surface area contributed by atoms with Crippen molar-refractivity contribution in [3.63, 3.8) is 0 Å². The van der Waals surface area contributed by atoms with Crippen LogP contribution < -0.4 is 56.7 Å². The Morgan fingerprint density at radius 2 is 1.35 bits per heavy atom. The SMILES string of the molecule is C/C=C/CCC1(C)C=Cc2c(C)cc(CCCCC)cc2C1.C=C(Nc1cc(CCCCCC)cc(CCCCC)c1/C=C\C)c1ccccc1.CC=C(C)C.[CH2-]CC.[K+]. The van der Waals surface area contributed by atoms with Crippen LogP contribution in [0.1, 0.15) is 197 Å². The first-order chi connectivity index (χ1) is 28.5. The van der Waals surface area contributed by atoms with Gasteiger partial charge >= 0.3 is 51.4 Å². The molecule has 1 unspecified atom stereocenters. The molecule has 3 aromatic rings. The van der Waals surface area contributed by atoms with Gasteiger partial charge in [0.15, 0.2) is 0 Å². The Labute approximate surface area is 415 Å². The van der Waals surface area contributed by atoms with E-state index >= 15 is 0 Å². The first kappa shape index (κ1) is 57.8. The normalized spacial score (nSPS) is 13.8. The van der Waals surface area contributed by atoms with E-state index in [1.807, 2.05) is 19.9 Å². The van der Waals surface area contributed by atoms with Crippen LogP contribution in [0.3, 0.4) is 0 Å². The van der Waals surface area contributed by atoms with Crippen molar-refractivity contribution in [2.75, 3.05) is 5.32 Å². The van der Waals surface area contributed by atoms with Gasteiger partial charge in [-0.15, -0.1) is 0 Å². The van der Waals surface area contributed by atoms with Gasteiger partial charge in [0, 0.05) is 16.9 Å². The summed E-state index contributed by atoms with van der Waals surface area (Å²) in [6, 6.07) is 20.1. The summed E-state index contributed by atoms with van der Waals surface area (Å²) in [4.78, 5) is 0. The number of unbranched alkanes of at least 4 members (excludes halogenated alkanes) is 7. The molecule has 0 amide bonds. The third-order valence-electron chi connectivity index (χ3n) is 11.0. The molecule has 0 radical (unpaired) electrons. The summed E-state index contributed by atoms with van der Waals surface area (Å²) in [5.41, 5.74) is 15.3. The van der Waals surface area contributed by atoms with Crippen LogP contribution in [0, 0.1) is 19.3 Å². The predicted octanol–water partition coefficient (Wildman–Crippen LogP) is 15.5. The maximum absolute atomic E-state index is 4.31. The fraction of sp³-hybridized carbons (Fsp3) is 0.500. The summed E-state index contributed by atoms with van der Waals surface area (Å²) < 4.78 is 0. The van der Waals surface area contributed by atoms with Gasteiger partial charge in [-0.05, 0) is 150 Å². The first-order valence-electron chi connectivity index (χ1n) is 23.6. The second-order valence-corrected chi connectivity index (χ2v) is 17.0. The van der Waals surface area contributed by atoms with E-state index in [1.54, 1.807) is 5.56 Å². The minimum absolute atomic E-state index is 0. The molecule has 1 aliphatic carbocycles. The second-order valence-electron chi connectivity index (χ2n) is 17.0. The number of benzene rings is 3. The molecule has 4 rings (SSSR count). The zero-order valence-corrected chi connectivity index (χ0v) is 44.3. The van der Waals surface area contributed by atoms with Gasteiger partial charge in [0.05, 0.1) is 0 Å². The molecule has 0 bridgehead atoms.